The zero-order valence-electron chi connectivity index (χ0n) is 10.6. The van der Waals surface area contributed by atoms with Crippen LogP contribution >= 0.6 is 22.7 Å². The largest absolute Gasteiger partial charge is 0.319 e. The fourth-order valence-electron chi connectivity index (χ4n) is 1.45. The number of aryl methyl sites for hydroxylation is 1. The Kier molecular flexibility index (Phi) is 4.56. The van der Waals surface area contributed by atoms with Gasteiger partial charge >= 0.3 is 0 Å². The Morgan fingerprint density at radius 1 is 1.37 bits per heavy atom. The molecule has 2 heterocycles. The molecule has 0 aliphatic carbocycles. The highest BCUT2D eigenvalue weighted by molar-refractivity contribution is 7.94. The topological polar surface area (TPSA) is 71.1 Å². The summed E-state index contributed by atoms with van der Waals surface area (Å²) >= 11 is 2.58. The molecule has 0 aliphatic rings. The normalized spacial score (nSPS) is 11.7. The number of aromatic nitrogens is 1. The number of nitrogens with zero attached hydrogens (tertiary/aromatic N) is 1. The highest BCUT2D eigenvalue weighted by Gasteiger charge is 2.18. The third kappa shape index (κ3) is 3.75. The van der Waals surface area contributed by atoms with E-state index in [1.807, 2.05) is 25.4 Å². The molecule has 0 radical (unpaired) electrons. The van der Waals surface area contributed by atoms with Crippen LogP contribution in [0.5, 0.6) is 0 Å². The summed E-state index contributed by atoms with van der Waals surface area (Å²) < 4.78 is 27.1. The molecule has 0 fully saturated rings. The molecule has 0 saturated carbocycles. The third-order valence-electron chi connectivity index (χ3n) is 2.36. The van der Waals surface area contributed by atoms with Gasteiger partial charge in [0.1, 0.15) is 4.21 Å². The molecule has 5 nitrogen and oxygen atoms in total. The number of hydrogen-bond donors (Lipinski definition) is 2. The van der Waals surface area contributed by atoms with Crippen LogP contribution in [-0.4, -0.2) is 27.0 Å². The summed E-state index contributed by atoms with van der Waals surface area (Å²) in [5.41, 5.74) is 0.809. The average molecular weight is 317 g/mol. The molecule has 8 heteroatoms. The first-order chi connectivity index (χ1) is 9.01. The van der Waals surface area contributed by atoms with Gasteiger partial charge in [0.05, 0.1) is 5.69 Å². The molecule has 19 heavy (non-hydrogen) atoms. The number of rotatable bonds is 6. The van der Waals surface area contributed by atoms with E-state index in [1.54, 1.807) is 6.07 Å². The number of likely N-dealkylation sites (N-methyl/N-ethyl adjacent to an activating group) is 1. The maximum Gasteiger partial charge on any atom is 0.273 e. The van der Waals surface area contributed by atoms with Crippen LogP contribution < -0.4 is 10.0 Å². The van der Waals surface area contributed by atoms with Crippen LogP contribution in [0, 0.1) is 6.92 Å². The predicted octanol–water partition coefficient (Wildman–Crippen LogP) is 2.08. The minimum Gasteiger partial charge on any atom is -0.319 e. The zero-order chi connectivity index (χ0) is 13.9. The predicted molar refractivity (Wildman–Crippen MR) is 79.6 cm³/mol. The molecule has 2 aromatic rings. The van der Waals surface area contributed by atoms with Crippen molar-refractivity contribution < 1.29 is 8.42 Å². The summed E-state index contributed by atoms with van der Waals surface area (Å²) in [5, 5.41) is 5.26. The highest BCUT2D eigenvalue weighted by Crippen LogP contribution is 2.25. The minimum absolute atomic E-state index is 0.325. The Hall–Kier alpha value is -0.960. The van der Waals surface area contributed by atoms with E-state index in [1.165, 1.54) is 22.7 Å². The van der Waals surface area contributed by atoms with Gasteiger partial charge < -0.3 is 5.32 Å². The quantitative estimate of drug-likeness (QED) is 0.855. The summed E-state index contributed by atoms with van der Waals surface area (Å²) in [6.07, 6.45) is 0.826. The average Bonchev–Trinajstić information content (AvgIpc) is 2.95. The van der Waals surface area contributed by atoms with E-state index in [0.717, 1.165) is 23.5 Å². The molecule has 0 aromatic carbocycles. The van der Waals surface area contributed by atoms with Crippen molar-refractivity contribution in [1.29, 1.82) is 0 Å². The lowest BCUT2D eigenvalue weighted by atomic mass is 10.3. The lowest BCUT2D eigenvalue weighted by molar-refractivity contribution is 0.603. The first-order valence-corrected chi connectivity index (χ1v) is 8.87. The molecule has 0 bridgehead atoms. The Labute approximate surface area is 120 Å². The zero-order valence-corrected chi connectivity index (χ0v) is 13.1. The Bertz CT molecular complexity index is 646. The van der Waals surface area contributed by atoms with Crippen LogP contribution in [0.15, 0.2) is 21.7 Å². The number of hydrogen-bond acceptors (Lipinski definition) is 6. The summed E-state index contributed by atoms with van der Waals surface area (Å²) in [6, 6.07) is 3.49. The van der Waals surface area contributed by atoms with E-state index in [0.29, 0.717) is 9.34 Å². The van der Waals surface area contributed by atoms with Crippen molar-refractivity contribution in [3.63, 3.8) is 0 Å². The summed E-state index contributed by atoms with van der Waals surface area (Å²) in [5.74, 6) is 0. The van der Waals surface area contributed by atoms with Gasteiger partial charge in [0.2, 0.25) is 0 Å². The number of anilines is 1. The van der Waals surface area contributed by atoms with Gasteiger partial charge in [-0.25, -0.2) is 13.4 Å². The van der Waals surface area contributed by atoms with Crippen LogP contribution in [0.2, 0.25) is 0 Å². The molecule has 0 atom stereocenters. The second kappa shape index (κ2) is 6.00. The van der Waals surface area contributed by atoms with Crippen molar-refractivity contribution in [2.24, 2.45) is 0 Å². The van der Waals surface area contributed by atoms with Crippen LogP contribution in [-0.2, 0) is 16.4 Å². The van der Waals surface area contributed by atoms with E-state index >= 15 is 0 Å². The van der Waals surface area contributed by atoms with E-state index in [4.69, 9.17) is 0 Å². The highest BCUT2D eigenvalue weighted by atomic mass is 32.2. The lowest BCUT2D eigenvalue weighted by Crippen LogP contribution is -2.11. The molecule has 104 valence electrons. The summed E-state index contributed by atoms with van der Waals surface area (Å²) in [7, 11) is -1.64. The molecule has 0 spiro atoms. The smallest absolute Gasteiger partial charge is 0.273 e. The van der Waals surface area contributed by atoms with Crippen molar-refractivity contribution in [2.45, 2.75) is 17.6 Å². The van der Waals surface area contributed by atoms with E-state index in [9.17, 15) is 8.42 Å². The fraction of sp³-hybridized carbons (Fsp3) is 0.364. The molecule has 0 saturated heterocycles. The molecular formula is C11H15N3O2S3. The first kappa shape index (κ1) is 14.4. The molecule has 0 unspecified atom stereocenters. The standard InChI is InChI=1S/C11H15N3O2S3/c1-8-7-17-11(13-8)14-19(15,16)10-4-3-9(18-10)5-6-12-2/h3-4,7,12H,5-6H2,1-2H3,(H,13,14). The SMILES string of the molecule is CNCCc1ccc(S(=O)(=O)Nc2nc(C)cs2)s1. The molecule has 0 aliphatic heterocycles. The van der Waals surface area contributed by atoms with Crippen molar-refractivity contribution in [1.82, 2.24) is 10.3 Å². The van der Waals surface area contributed by atoms with Crippen molar-refractivity contribution in [3.8, 4) is 0 Å². The maximum absolute atomic E-state index is 12.1. The fourth-order valence-corrected chi connectivity index (χ4v) is 4.75. The van der Waals surface area contributed by atoms with Gasteiger partial charge in [0.15, 0.2) is 5.13 Å². The van der Waals surface area contributed by atoms with Crippen molar-refractivity contribution >= 4 is 37.8 Å². The maximum atomic E-state index is 12.1. The van der Waals surface area contributed by atoms with Crippen molar-refractivity contribution in [2.75, 3.05) is 18.3 Å². The third-order valence-corrected chi connectivity index (χ3v) is 6.34. The summed E-state index contributed by atoms with van der Waals surface area (Å²) in [4.78, 5) is 5.15. The van der Waals surface area contributed by atoms with Gasteiger partial charge in [-0.2, -0.15) is 0 Å². The lowest BCUT2D eigenvalue weighted by Gasteiger charge is -2.01. The molecule has 0 amide bonds. The molecule has 2 N–H and O–H groups in total. The number of sulfonamides is 1. The van der Waals surface area contributed by atoms with Gasteiger partial charge in [-0.1, -0.05) is 0 Å². The van der Waals surface area contributed by atoms with E-state index in [2.05, 4.69) is 15.0 Å². The van der Waals surface area contributed by atoms with Gasteiger partial charge in [-0.05, 0) is 39.1 Å². The van der Waals surface area contributed by atoms with Crippen LogP contribution in [0.4, 0.5) is 5.13 Å². The van der Waals surface area contributed by atoms with Gasteiger partial charge in [0, 0.05) is 10.3 Å². The Morgan fingerprint density at radius 2 is 2.16 bits per heavy atom. The molecule has 2 aromatic heterocycles. The van der Waals surface area contributed by atoms with Crippen LogP contribution in [0.3, 0.4) is 0 Å². The second-order valence-corrected chi connectivity index (χ2v) is 7.91. The van der Waals surface area contributed by atoms with E-state index in [-0.39, 0.29) is 0 Å². The second-order valence-electron chi connectivity index (χ2n) is 3.97. The minimum atomic E-state index is -3.51. The first-order valence-electron chi connectivity index (χ1n) is 5.69. The van der Waals surface area contributed by atoms with Crippen LogP contribution in [0.1, 0.15) is 10.6 Å². The van der Waals surface area contributed by atoms with Gasteiger partial charge in [-0.15, -0.1) is 22.7 Å². The van der Waals surface area contributed by atoms with Gasteiger partial charge in [-0.3, -0.25) is 4.72 Å². The van der Waals surface area contributed by atoms with Crippen molar-refractivity contribution in [3.05, 3.63) is 28.1 Å². The number of nitrogens with one attached hydrogen (secondary N) is 2. The molecular weight excluding hydrogens is 302 g/mol. The Balaban J connectivity index is 2.13. The van der Waals surface area contributed by atoms with E-state index < -0.39 is 10.0 Å². The summed E-state index contributed by atoms with van der Waals surface area (Å²) in [6.45, 7) is 2.66. The molecule has 2 rings (SSSR count). The Morgan fingerprint density at radius 3 is 2.79 bits per heavy atom. The van der Waals surface area contributed by atoms with Gasteiger partial charge in [0.25, 0.3) is 10.0 Å². The monoisotopic (exact) mass is 317 g/mol. The number of thiazole rings is 1. The number of thiophene rings is 1. The van der Waals surface area contributed by atoms with Crippen LogP contribution in [0.25, 0.3) is 0 Å².